The number of rotatable bonds is 5. The van der Waals surface area contributed by atoms with Crippen molar-refractivity contribution >= 4 is 5.91 Å². The van der Waals surface area contributed by atoms with Crippen LogP contribution in [0.1, 0.15) is 64.7 Å². The molecular weight excluding hydrogens is 262 g/mol. The Morgan fingerprint density at radius 1 is 1.00 bits per heavy atom. The summed E-state index contributed by atoms with van der Waals surface area (Å²) >= 11 is 0. The molecule has 0 aromatic heterocycles. The van der Waals surface area contributed by atoms with Gasteiger partial charge in [-0.05, 0) is 52.5 Å². The van der Waals surface area contributed by atoms with E-state index in [9.17, 15) is 4.79 Å². The second kappa shape index (κ2) is 8.14. The molecule has 2 saturated carbocycles. The van der Waals surface area contributed by atoms with E-state index in [0.29, 0.717) is 30.6 Å². The van der Waals surface area contributed by atoms with Crippen LogP contribution in [0.4, 0.5) is 0 Å². The lowest BCUT2D eigenvalue weighted by molar-refractivity contribution is -0.135. The third-order valence-corrected chi connectivity index (χ3v) is 5.43. The monoisotopic (exact) mass is 295 g/mol. The predicted octanol–water partition coefficient (Wildman–Crippen LogP) is 2.37. The van der Waals surface area contributed by atoms with Crippen molar-refractivity contribution in [2.45, 2.75) is 82.8 Å². The largest absolute Gasteiger partial charge is 0.339 e. The second-order valence-corrected chi connectivity index (χ2v) is 6.96. The summed E-state index contributed by atoms with van der Waals surface area (Å²) in [6.07, 6.45) is 10.8. The minimum Gasteiger partial charge on any atom is -0.339 e. The summed E-state index contributed by atoms with van der Waals surface area (Å²) in [6, 6.07) is 1.41. The smallest absolute Gasteiger partial charge is 0.236 e. The lowest BCUT2D eigenvalue weighted by Gasteiger charge is -2.37. The highest BCUT2D eigenvalue weighted by atomic mass is 16.2. The Hall–Kier alpha value is -0.610. The van der Waals surface area contributed by atoms with Crippen LogP contribution in [0.5, 0.6) is 0 Å². The van der Waals surface area contributed by atoms with Crippen LogP contribution in [0.15, 0.2) is 0 Å². The molecule has 2 rings (SSSR count). The van der Waals surface area contributed by atoms with Crippen molar-refractivity contribution in [3.8, 4) is 0 Å². The molecule has 2 N–H and O–H groups in total. The van der Waals surface area contributed by atoms with Gasteiger partial charge < -0.3 is 10.6 Å². The average Bonchev–Trinajstić information content (AvgIpc) is 2.49. The molecule has 0 aromatic rings. The topological polar surface area (TPSA) is 49.6 Å². The number of amides is 1. The molecule has 0 heterocycles. The fourth-order valence-corrected chi connectivity index (χ4v) is 4.01. The normalized spacial score (nSPS) is 27.8. The van der Waals surface area contributed by atoms with Crippen LogP contribution in [0.3, 0.4) is 0 Å². The van der Waals surface area contributed by atoms with E-state index in [1.54, 1.807) is 0 Å². The van der Waals surface area contributed by atoms with Gasteiger partial charge >= 0.3 is 0 Å². The molecule has 0 radical (unpaired) electrons. The second-order valence-electron chi connectivity index (χ2n) is 6.96. The molecule has 0 aromatic carbocycles. The van der Waals surface area contributed by atoms with E-state index >= 15 is 0 Å². The Morgan fingerprint density at radius 2 is 1.62 bits per heavy atom. The Balaban J connectivity index is 1.83. The molecule has 4 heteroatoms. The fourth-order valence-electron chi connectivity index (χ4n) is 4.01. The number of likely N-dealkylation sites (N-methyl/N-ethyl adjacent to an activating group) is 2. The van der Waals surface area contributed by atoms with Crippen LogP contribution in [0, 0.1) is 0 Å². The minimum absolute atomic E-state index is 0.321. The maximum absolute atomic E-state index is 12.7. The first-order valence-electron chi connectivity index (χ1n) is 8.87. The first-order chi connectivity index (χ1) is 10.1. The number of carbonyl (C=O) groups excluding carboxylic acids is 1. The molecule has 2 aliphatic carbocycles. The van der Waals surface area contributed by atoms with E-state index in [0.717, 1.165) is 32.2 Å². The van der Waals surface area contributed by atoms with Crippen LogP contribution in [0.25, 0.3) is 0 Å². The van der Waals surface area contributed by atoms with E-state index in [-0.39, 0.29) is 0 Å². The van der Waals surface area contributed by atoms with Gasteiger partial charge in [-0.25, -0.2) is 0 Å². The molecular formula is C17H33N3O. The van der Waals surface area contributed by atoms with Gasteiger partial charge in [-0.1, -0.05) is 19.3 Å². The number of hydrogen-bond acceptors (Lipinski definition) is 3. The van der Waals surface area contributed by atoms with E-state index in [4.69, 9.17) is 5.73 Å². The first kappa shape index (κ1) is 16.8. The Kier molecular flexibility index (Phi) is 6.49. The zero-order valence-corrected chi connectivity index (χ0v) is 13.9. The summed E-state index contributed by atoms with van der Waals surface area (Å²) in [5.74, 6) is 0.321. The molecule has 4 nitrogen and oxygen atoms in total. The van der Waals surface area contributed by atoms with Gasteiger partial charge in [0.1, 0.15) is 0 Å². The third kappa shape index (κ3) is 4.68. The van der Waals surface area contributed by atoms with Crippen molar-refractivity contribution in [1.82, 2.24) is 9.80 Å². The minimum atomic E-state index is 0.321. The van der Waals surface area contributed by atoms with E-state index in [1.165, 1.54) is 32.1 Å². The van der Waals surface area contributed by atoms with Gasteiger partial charge in [0.2, 0.25) is 5.91 Å². The fraction of sp³-hybridized carbons (Fsp3) is 0.941. The van der Waals surface area contributed by atoms with Crippen molar-refractivity contribution in [3.63, 3.8) is 0 Å². The van der Waals surface area contributed by atoms with Crippen molar-refractivity contribution in [3.05, 3.63) is 0 Å². The van der Waals surface area contributed by atoms with Gasteiger partial charge in [0.25, 0.3) is 0 Å². The van der Waals surface area contributed by atoms with Crippen LogP contribution >= 0.6 is 0 Å². The van der Waals surface area contributed by atoms with Crippen LogP contribution in [-0.2, 0) is 4.79 Å². The lowest BCUT2D eigenvalue weighted by Crippen LogP contribution is -2.48. The highest BCUT2D eigenvalue weighted by Gasteiger charge is 2.27. The Morgan fingerprint density at radius 3 is 2.19 bits per heavy atom. The van der Waals surface area contributed by atoms with E-state index in [2.05, 4.69) is 23.8 Å². The zero-order valence-electron chi connectivity index (χ0n) is 13.9. The molecule has 0 aliphatic heterocycles. The van der Waals surface area contributed by atoms with Crippen LogP contribution < -0.4 is 5.73 Å². The van der Waals surface area contributed by atoms with Gasteiger partial charge in [-0.15, -0.1) is 0 Å². The molecule has 21 heavy (non-hydrogen) atoms. The predicted molar refractivity (Wildman–Crippen MR) is 87.1 cm³/mol. The third-order valence-electron chi connectivity index (χ3n) is 5.43. The van der Waals surface area contributed by atoms with Gasteiger partial charge in [-0.3, -0.25) is 9.69 Å². The van der Waals surface area contributed by atoms with E-state index in [1.807, 2.05) is 0 Å². The highest BCUT2D eigenvalue weighted by Crippen LogP contribution is 2.24. The molecule has 0 unspecified atom stereocenters. The molecule has 2 aliphatic rings. The lowest BCUT2D eigenvalue weighted by atomic mass is 9.91. The maximum Gasteiger partial charge on any atom is 0.236 e. The number of hydrogen-bond donors (Lipinski definition) is 1. The van der Waals surface area contributed by atoms with Crippen LogP contribution in [-0.4, -0.2) is 54.0 Å². The average molecular weight is 295 g/mol. The zero-order chi connectivity index (χ0) is 15.2. The van der Waals surface area contributed by atoms with Crippen LogP contribution in [0.2, 0.25) is 0 Å². The number of nitrogens with two attached hydrogens (primary N) is 1. The summed E-state index contributed by atoms with van der Waals surface area (Å²) in [7, 11) is 2.11. The summed E-state index contributed by atoms with van der Waals surface area (Å²) in [4.78, 5) is 17.0. The number of carbonyl (C=O) groups is 1. The summed E-state index contributed by atoms with van der Waals surface area (Å²) < 4.78 is 0. The van der Waals surface area contributed by atoms with Crippen molar-refractivity contribution in [2.24, 2.45) is 5.73 Å². The van der Waals surface area contributed by atoms with Gasteiger partial charge in [-0.2, -0.15) is 0 Å². The van der Waals surface area contributed by atoms with E-state index < -0.39 is 0 Å². The van der Waals surface area contributed by atoms with Crippen molar-refractivity contribution in [1.29, 1.82) is 0 Å². The van der Waals surface area contributed by atoms with Crippen molar-refractivity contribution in [2.75, 3.05) is 20.1 Å². The standard InChI is InChI=1S/C17H33N3O/c1-3-20(16-7-5-4-6-8-16)17(21)13-19(2)15-11-9-14(18)10-12-15/h14-16H,3-13,18H2,1-2H3. The quantitative estimate of drug-likeness (QED) is 0.847. The highest BCUT2D eigenvalue weighted by molar-refractivity contribution is 5.78. The van der Waals surface area contributed by atoms with Gasteiger partial charge in [0, 0.05) is 24.7 Å². The molecule has 2 fully saturated rings. The molecule has 122 valence electrons. The molecule has 0 spiro atoms. The molecule has 0 saturated heterocycles. The van der Waals surface area contributed by atoms with Gasteiger partial charge in [0.15, 0.2) is 0 Å². The SMILES string of the molecule is CCN(C(=O)CN(C)C1CCC(N)CC1)C1CCCCC1. The maximum atomic E-state index is 12.7. The van der Waals surface area contributed by atoms with Crippen molar-refractivity contribution < 1.29 is 4.79 Å². The molecule has 0 atom stereocenters. The Bertz CT molecular complexity index is 320. The van der Waals surface area contributed by atoms with Gasteiger partial charge in [0.05, 0.1) is 6.54 Å². The molecule has 0 bridgehead atoms. The summed E-state index contributed by atoms with van der Waals surface area (Å²) in [5.41, 5.74) is 5.97. The first-order valence-corrected chi connectivity index (χ1v) is 8.87. The summed E-state index contributed by atoms with van der Waals surface area (Å²) in [6.45, 7) is 3.54. The molecule has 1 amide bonds. The number of nitrogens with zero attached hydrogens (tertiary/aromatic N) is 2. The Labute approximate surface area is 130 Å². The summed E-state index contributed by atoms with van der Waals surface area (Å²) in [5, 5.41) is 0.